The first-order valence-electron chi connectivity index (χ1n) is 5.20. The van der Waals surface area contributed by atoms with Gasteiger partial charge in [0.2, 0.25) is 7.83 Å². The van der Waals surface area contributed by atoms with E-state index in [4.69, 9.17) is 4.43 Å². The van der Waals surface area contributed by atoms with Crippen LogP contribution >= 0.6 is 0 Å². The van der Waals surface area contributed by atoms with Gasteiger partial charge in [-0.1, -0.05) is 38.3 Å². The van der Waals surface area contributed by atoms with Gasteiger partial charge in [0.05, 0.1) is 7.59 Å². The maximum atomic E-state index is 6.16. The van der Waals surface area contributed by atoms with Gasteiger partial charge < -0.3 is 4.43 Å². The Balaban J connectivity index is 3.03. The Morgan fingerprint density at radius 2 is 1.71 bits per heavy atom. The quantitative estimate of drug-likeness (QED) is 0.657. The maximum Gasteiger partial charge on any atom is 0.225 e. The van der Waals surface area contributed by atoms with Crippen molar-refractivity contribution in [2.75, 3.05) is 6.61 Å². The van der Waals surface area contributed by atoms with E-state index in [1.807, 2.05) is 0 Å². The summed E-state index contributed by atoms with van der Waals surface area (Å²) in [5.41, 5.74) is 4.52. The topological polar surface area (TPSA) is 9.23 Å². The molecule has 0 unspecified atom stereocenters. The third-order valence-electron chi connectivity index (χ3n) is 3.29. The molecular weight excluding hydrogens is 204 g/mol. The van der Waals surface area contributed by atoms with Gasteiger partial charge in [-0.3, -0.25) is 0 Å². The van der Waals surface area contributed by atoms with Gasteiger partial charge in [-0.2, -0.15) is 0 Å². The van der Waals surface area contributed by atoms with Gasteiger partial charge >= 0.3 is 0 Å². The molecule has 14 heavy (non-hydrogen) atoms. The van der Waals surface area contributed by atoms with Crippen LogP contribution in [0.3, 0.4) is 0 Å². The molecule has 0 radical (unpaired) electrons. The van der Waals surface area contributed by atoms with Gasteiger partial charge in [0, 0.05) is 6.61 Å². The van der Waals surface area contributed by atoms with Gasteiger partial charge in [0.1, 0.15) is 0 Å². The molecule has 1 heterocycles. The highest BCUT2D eigenvalue weighted by atomic mass is 29.3. The zero-order valence-corrected chi connectivity index (χ0v) is 11.9. The number of hydrogen-bond acceptors (Lipinski definition) is 1. The molecule has 0 aromatic carbocycles. The molecule has 0 aromatic rings. The summed E-state index contributed by atoms with van der Waals surface area (Å²) in [7, 11) is -3.11. The normalized spacial score (nSPS) is 28.0. The van der Waals surface area contributed by atoms with Crippen molar-refractivity contribution in [3.8, 4) is 0 Å². The molecule has 1 fully saturated rings. The zero-order valence-electron chi connectivity index (χ0n) is 9.89. The van der Waals surface area contributed by atoms with Gasteiger partial charge in [-0.25, -0.2) is 0 Å². The van der Waals surface area contributed by atoms with Gasteiger partial charge in [0.25, 0.3) is 0 Å². The second-order valence-electron chi connectivity index (χ2n) is 5.71. The first-order chi connectivity index (χ1) is 6.29. The van der Waals surface area contributed by atoms with Crippen LogP contribution in [0.4, 0.5) is 0 Å². The smallest absolute Gasteiger partial charge is 0.225 e. The van der Waals surface area contributed by atoms with E-state index in [9.17, 15) is 0 Å². The molecular formula is C11H22OSi2. The summed E-state index contributed by atoms with van der Waals surface area (Å²) < 4.78 is 6.16. The second-order valence-corrected chi connectivity index (χ2v) is 18.9. The fourth-order valence-corrected chi connectivity index (χ4v) is 14.9. The molecule has 0 amide bonds. The molecule has 0 saturated carbocycles. The second kappa shape index (κ2) is 3.47. The minimum absolute atomic E-state index is 0.345. The summed E-state index contributed by atoms with van der Waals surface area (Å²) in [4.78, 5) is 0. The lowest BCUT2D eigenvalue weighted by atomic mass is 9.98. The summed E-state index contributed by atoms with van der Waals surface area (Å²) in [6, 6.07) is 1.32. The van der Waals surface area contributed by atoms with Crippen LogP contribution in [0, 0.1) is 5.41 Å². The molecule has 1 nitrogen and oxygen atoms in total. The third-order valence-corrected chi connectivity index (χ3v) is 17.6. The lowest BCUT2D eigenvalue weighted by molar-refractivity contribution is 0.186. The zero-order chi connectivity index (χ0) is 11.0. The molecule has 0 N–H and O–H groups in total. The average molecular weight is 226 g/mol. The molecule has 1 aliphatic heterocycles. The highest BCUT2D eigenvalue weighted by molar-refractivity contribution is 7.43. The molecule has 0 aromatic heterocycles. The Labute approximate surface area is 89.8 Å². The SMILES string of the molecule is C=C[Si]1(C=C)OCC(C)(C)C[Si]1(C)C. The molecule has 1 saturated heterocycles. The molecule has 0 atom stereocenters. The predicted octanol–water partition coefficient (Wildman–Crippen LogP) is 3.23. The van der Waals surface area contributed by atoms with Gasteiger partial charge in [-0.05, 0) is 11.5 Å². The fraction of sp³-hybridized carbons (Fsp3) is 0.636. The van der Waals surface area contributed by atoms with Gasteiger partial charge in [0.15, 0.2) is 0 Å². The Morgan fingerprint density at radius 1 is 1.21 bits per heavy atom. The van der Waals surface area contributed by atoms with E-state index in [0.29, 0.717) is 5.41 Å². The van der Waals surface area contributed by atoms with E-state index in [0.717, 1.165) is 6.61 Å². The minimum Gasteiger partial charge on any atom is -0.411 e. The number of rotatable bonds is 2. The Morgan fingerprint density at radius 3 is 2.07 bits per heavy atom. The van der Waals surface area contributed by atoms with Crippen molar-refractivity contribution in [1.82, 2.24) is 0 Å². The van der Waals surface area contributed by atoms with Crippen molar-refractivity contribution < 1.29 is 4.43 Å². The first-order valence-corrected chi connectivity index (χ1v) is 11.5. The van der Waals surface area contributed by atoms with Crippen LogP contribution in [0.15, 0.2) is 24.6 Å². The Bertz CT molecular complexity index is 248. The average Bonchev–Trinajstić information content (AvgIpc) is 2.03. The monoisotopic (exact) mass is 226 g/mol. The van der Waals surface area contributed by atoms with E-state index < -0.39 is 15.4 Å². The van der Waals surface area contributed by atoms with Crippen LogP contribution in [0.2, 0.25) is 19.1 Å². The molecule has 3 heteroatoms. The molecule has 0 bridgehead atoms. The lowest BCUT2D eigenvalue weighted by Gasteiger charge is -2.49. The van der Waals surface area contributed by atoms with Crippen molar-refractivity contribution >= 4 is 15.4 Å². The van der Waals surface area contributed by atoms with Crippen molar-refractivity contribution in [2.24, 2.45) is 5.41 Å². The molecule has 1 rings (SSSR count). The number of hydrogen-bond donors (Lipinski definition) is 0. The van der Waals surface area contributed by atoms with Crippen LogP contribution in [0.25, 0.3) is 0 Å². The van der Waals surface area contributed by atoms with Crippen molar-refractivity contribution in [3.63, 3.8) is 0 Å². The largest absolute Gasteiger partial charge is 0.411 e. The van der Waals surface area contributed by atoms with E-state index >= 15 is 0 Å². The van der Waals surface area contributed by atoms with Crippen molar-refractivity contribution in [3.05, 3.63) is 24.6 Å². The van der Waals surface area contributed by atoms with E-state index in [1.54, 1.807) is 0 Å². The molecule has 0 aliphatic carbocycles. The fourth-order valence-electron chi connectivity index (χ4n) is 2.65. The summed E-state index contributed by atoms with van der Waals surface area (Å²) in [5, 5.41) is 0. The van der Waals surface area contributed by atoms with Crippen LogP contribution in [-0.4, -0.2) is 22.0 Å². The van der Waals surface area contributed by atoms with Crippen LogP contribution < -0.4 is 0 Å². The van der Waals surface area contributed by atoms with Crippen LogP contribution in [0.1, 0.15) is 13.8 Å². The standard InChI is InChI=1S/C11H22OSi2/c1-7-14(8-2)12-9-11(3,4)10-13(14,5)6/h7-8H,1-2,9-10H2,3-6H3. The Hall–Kier alpha value is -0.126. The summed E-state index contributed by atoms with van der Waals surface area (Å²) >= 11 is 0. The van der Waals surface area contributed by atoms with Crippen LogP contribution in [0.5, 0.6) is 0 Å². The highest BCUT2D eigenvalue weighted by Gasteiger charge is 2.52. The predicted molar refractivity (Wildman–Crippen MR) is 68.2 cm³/mol. The summed E-state index contributed by atoms with van der Waals surface area (Å²) in [6.07, 6.45) is 0. The van der Waals surface area contributed by atoms with Crippen molar-refractivity contribution in [2.45, 2.75) is 33.0 Å². The van der Waals surface area contributed by atoms with Crippen molar-refractivity contribution in [1.29, 1.82) is 0 Å². The Kier molecular flexibility index (Phi) is 2.96. The van der Waals surface area contributed by atoms with Crippen LogP contribution in [-0.2, 0) is 4.43 Å². The summed E-state index contributed by atoms with van der Waals surface area (Å²) in [5.74, 6) is 0. The van der Waals surface area contributed by atoms with E-state index in [1.165, 1.54) is 6.04 Å². The lowest BCUT2D eigenvalue weighted by Crippen LogP contribution is -2.65. The maximum absolute atomic E-state index is 6.16. The van der Waals surface area contributed by atoms with E-state index in [2.05, 4.69) is 51.5 Å². The first kappa shape index (κ1) is 11.9. The summed E-state index contributed by atoms with van der Waals surface area (Å²) in [6.45, 7) is 18.2. The highest BCUT2D eigenvalue weighted by Crippen LogP contribution is 2.40. The van der Waals surface area contributed by atoms with Gasteiger partial charge in [-0.15, -0.1) is 13.2 Å². The minimum atomic E-state index is -1.78. The van der Waals surface area contributed by atoms with E-state index in [-0.39, 0.29) is 0 Å². The third kappa shape index (κ3) is 1.81. The molecule has 1 aliphatic rings. The molecule has 80 valence electrons. The molecule has 0 spiro atoms.